The van der Waals surface area contributed by atoms with Crippen molar-refractivity contribution < 1.29 is 4.92 Å². The molecule has 0 aliphatic rings. The van der Waals surface area contributed by atoms with Gasteiger partial charge in [0.05, 0.1) is 0 Å². The number of hydrogen-bond donors (Lipinski definition) is 1. The molecule has 2 aromatic carbocycles. The van der Waals surface area contributed by atoms with Crippen molar-refractivity contribution in [1.82, 2.24) is 17.9 Å². The third kappa shape index (κ3) is 2.93. The van der Waals surface area contributed by atoms with E-state index in [0.29, 0.717) is 26.3 Å². The molecule has 0 saturated carbocycles. The number of rotatable bonds is 3. The Morgan fingerprint density at radius 3 is 2.80 bits per heavy atom. The Kier molecular flexibility index (Phi) is 4.04. The predicted octanol–water partition coefficient (Wildman–Crippen LogP) is 2.64. The van der Waals surface area contributed by atoms with Gasteiger partial charge in [-0.05, 0) is 0 Å². The molecule has 2 heterocycles. The van der Waals surface area contributed by atoms with Crippen LogP contribution in [0.1, 0.15) is 0 Å². The molecule has 0 aliphatic carbocycles. The van der Waals surface area contributed by atoms with E-state index >= 15 is 0 Å². The van der Waals surface area contributed by atoms with Crippen molar-refractivity contribution >= 4 is 65.9 Å². The number of hydrogen-bond acceptors (Lipinski definition) is 7. The summed E-state index contributed by atoms with van der Waals surface area (Å²) in [4.78, 5) is 30.5. The normalized spacial score (nSPS) is 11.2. The first-order valence-corrected chi connectivity index (χ1v) is 9.53. The summed E-state index contributed by atoms with van der Waals surface area (Å²) in [6.07, 6.45) is 0. The van der Waals surface area contributed by atoms with E-state index in [0.717, 1.165) is 11.8 Å². The molecular formula is C14H6ClN5O3SSe. The van der Waals surface area contributed by atoms with Crippen molar-refractivity contribution in [3.8, 4) is 0 Å². The summed E-state index contributed by atoms with van der Waals surface area (Å²) in [5, 5.41) is 12.5. The number of benzene rings is 2. The number of nitrogens with zero attached hydrogens (tertiary/aromatic N) is 4. The van der Waals surface area contributed by atoms with Crippen molar-refractivity contribution in [1.29, 1.82) is 0 Å². The zero-order valence-corrected chi connectivity index (χ0v) is 15.4. The van der Waals surface area contributed by atoms with E-state index in [2.05, 4.69) is 17.9 Å². The topological polar surface area (TPSA) is 115 Å². The number of aromatic nitrogens is 4. The van der Waals surface area contributed by atoms with Gasteiger partial charge in [0.15, 0.2) is 0 Å². The number of aromatic amines is 1. The maximum atomic E-state index is 12.2. The van der Waals surface area contributed by atoms with Gasteiger partial charge >= 0.3 is 155 Å². The number of fused-ring (bicyclic) bond motifs is 2. The van der Waals surface area contributed by atoms with Gasteiger partial charge in [-0.15, -0.1) is 0 Å². The monoisotopic (exact) mass is 439 g/mol. The molecular weight excluding hydrogens is 433 g/mol. The van der Waals surface area contributed by atoms with Crippen LogP contribution in [0.5, 0.6) is 0 Å². The van der Waals surface area contributed by atoms with Crippen molar-refractivity contribution in [2.45, 2.75) is 10.1 Å². The van der Waals surface area contributed by atoms with Crippen LogP contribution in [-0.2, 0) is 0 Å². The fourth-order valence-corrected chi connectivity index (χ4v) is 4.52. The quantitative estimate of drug-likeness (QED) is 0.226. The summed E-state index contributed by atoms with van der Waals surface area (Å²) in [6.45, 7) is 0. The van der Waals surface area contributed by atoms with Gasteiger partial charge in [-0.3, -0.25) is 0 Å². The van der Waals surface area contributed by atoms with Gasteiger partial charge in [0, 0.05) is 0 Å². The van der Waals surface area contributed by atoms with Gasteiger partial charge in [-0.25, -0.2) is 0 Å². The van der Waals surface area contributed by atoms with E-state index in [9.17, 15) is 14.9 Å². The first-order chi connectivity index (χ1) is 12.0. The number of nitro groups is 1. The van der Waals surface area contributed by atoms with Gasteiger partial charge in [0.1, 0.15) is 0 Å². The summed E-state index contributed by atoms with van der Waals surface area (Å²) in [6, 6.07) is 8.06. The molecule has 0 spiro atoms. The van der Waals surface area contributed by atoms with Crippen LogP contribution >= 0.6 is 23.4 Å². The number of H-pyrrole nitrogens is 1. The van der Waals surface area contributed by atoms with Crippen LogP contribution in [0, 0.1) is 10.1 Å². The van der Waals surface area contributed by atoms with E-state index in [1.807, 2.05) is 0 Å². The summed E-state index contributed by atoms with van der Waals surface area (Å²) in [5.74, 6) is 0. The maximum absolute atomic E-state index is 12.2. The van der Waals surface area contributed by atoms with E-state index in [1.54, 1.807) is 24.3 Å². The molecule has 8 nitrogen and oxygen atoms in total. The Labute approximate surface area is 154 Å². The predicted molar refractivity (Wildman–Crippen MR) is 94.6 cm³/mol. The summed E-state index contributed by atoms with van der Waals surface area (Å²) < 4.78 is 8.28. The van der Waals surface area contributed by atoms with E-state index in [-0.39, 0.29) is 36.9 Å². The molecule has 0 atom stereocenters. The number of halogens is 1. The van der Waals surface area contributed by atoms with Crippen LogP contribution in [0.3, 0.4) is 0 Å². The van der Waals surface area contributed by atoms with E-state index in [1.165, 1.54) is 6.07 Å². The van der Waals surface area contributed by atoms with Crippen LogP contribution in [0.2, 0.25) is 5.02 Å². The number of nitro benzene ring substituents is 1. The first kappa shape index (κ1) is 16.2. The third-order valence-electron chi connectivity index (χ3n) is 3.40. The average molecular weight is 439 g/mol. The third-order valence-corrected chi connectivity index (χ3v) is 5.71. The average Bonchev–Trinajstić information content (AvgIpc) is 3.03. The Hall–Kier alpha value is -2.26. The van der Waals surface area contributed by atoms with Crippen molar-refractivity contribution in [2.24, 2.45) is 0 Å². The Morgan fingerprint density at radius 2 is 2.00 bits per heavy atom. The second kappa shape index (κ2) is 6.23. The molecule has 0 radical (unpaired) electrons. The second-order valence-corrected chi connectivity index (χ2v) is 7.51. The van der Waals surface area contributed by atoms with Crippen molar-refractivity contribution in [3.63, 3.8) is 0 Å². The Bertz CT molecular complexity index is 1210. The standard InChI is InChI=1S/C14H6ClN5O3SSe/c15-6-1-2-8-7(5-6)13(21)17-14(16-8)24-10-4-3-9-11(19-25-18-9)12(10)20(22)23/h1-5H,(H,16,17,21). The van der Waals surface area contributed by atoms with Crippen molar-refractivity contribution in [3.05, 3.63) is 55.8 Å². The minimum atomic E-state index is -0.486. The van der Waals surface area contributed by atoms with E-state index in [4.69, 9.17) is 11.6 Å². The summed E-state index contributed by atoms with van der Waals surface area (Å²) in [5.41, 5.74) is 0.782. The molecule has 0 saturated heterocycles. The zero-order chi connectivity index (χ0) is 17.6. The molecule has 25 heavy (non-hydrogen) atoms. The second-order valence-electron chi connectivity index (χ2n) is 4.94. The molecule has 0 bridgehead atoms. The first-order valence-electron chi connectivity index (χ1n) is 6.80. The van der Waals surface area contributed by atoms with E-state index < -0.39 is 4.92 Å². The van der Waals surface area contributed by atoms with Gasteiger partial charge in [0.2, 0.25) is 0 Å². The molecule has 0 amide bonds. The molecule has 0 fully saturated rings. The van der Waals surface area contributed by atoms with Crippen LogP contribution in [0.15, 0.2) is 45.2 Å². The Balaban J connectivity index is 1.85. The van der Waals surface area contributed by atoms with Gasteiger partial charge in [-0.2, -0.15) is 0 Å². The minimum absolute atomic E-state index is 0.121. The molecule has 0 unspecified atom stereocenters. The van der Waals surface area contributed by atoms with Gasteiger partial charge in [-0.1, -0.05) is 0 Å². The fourth-order valence-electron chi connectivity index (χ4n) is 2.32. The zero-order valence-electron chi connectivity index (χ0n) is 12.1. The van der Waals surface area contributed by atoms with Crippen LogP contribution in [0.4, 0.5) is 5.69 Å². The summed E-state index contributed by atoms with van der Waals surface area (Å²) >= 11 is 6.53. The molecule has 2 aromatic heterocycles. The molecule has 0 aliphatic heterocycles. The molecule has 4 rings (SSSR count). The number of nitrogens with one attached hydrogen (secondary N) is 1. The Morgan fingerprint density at radius 1 is 1.20 bits per heavy atom. The molecule has 124 valence electrons. The molecule has 11 heteroatoms. The molecule has 4 aromatic rings. The van der Waals surface area contributed by atoms with Crippen LogP contribution < -0.4 is 5.56 Å². The molecule has 1 N–H and O–H groups in total. The van der Waals surface area contributed by atoms with Crippen LogP contribution in [-0.4, -0.2) is 37.8 Å². The summed E-state index contributed by atoms with van der Waals surface area (Å²) in [7, 11) is 0. The van der Waals surface area contributed by atoms with Gasteiger partial charge < -0.3 is 0 Å². The van der Waals surface area contributed by atoms with Crippen molar-refractivity contribution in [2.75, 3.05) is 0 Å². The fraction of sp³-hybridized carbons (Fsp3) is 0. The van der Waals surface area contributed by atoms with Gasteiger partial charge in [0.25, 0.3) is 0 Å². The van der Waals surface area contributed by atoms with Crippen LogP contribution in [0.25, 0.3) is 21.9 Å². The SMILES string of the molecule is O=c1[nH]c(Sc2ccc3n[se]nc3c2[N+](=O)[O-])nc2ccc(Cl)cc12.